The van der Waals surface area contributed by atoms with E-state index in [2.05, 4.69) is 32.4 Å². The van der Waals surface area contributed by atoms with Crippen LogP contribution in [0.2, 0.25) is 0 Å². The number of rotatable bonds is 7. The fourth-order valence-electron chi connectivity index (χ4n) is 3.26. The van der Waals surface area contributed by atoms with Crippen molar-refractivity contribution >= 4 is 27.5 Å². The number of aromatic nitrogens is 3. The first kappa shape index (κ1) is 19.2. The number of anilines is 1. The fraction of sp³-hybridized carbons (Fsp3) is 0.0800. The van der Waals surface area contributed by atoms with Crippen LogP contribution in [-0.4, -0.2) is 21.5 Å². The lowest BCUT2D eigenvalue weighted by atomic mass is 10.1. The second-order valence-electron chi connectivity index (χ2n) is 6.98. The largest absolute Gasteiger partial charge is 0.457 e. The number of ether oxygens (including phenoxy) is 1. The van der Waals surface area contributed by atoms with Crippen LogP contribution in [0.5, 0.6) is 11.5 Å². The molecule has 5 rings (SSSR count). The molecule has 0 spiro atoms. The molecule has 0 saturated heterocycles. The minimum absolute atomic E-state index is 0.603. The Bertz CT molecular complexity index is 1250. The van der Waals surface area contributed by atoms with Gasteiger partial charge in [-0.1, -0.05) is 48.5 Å². The molecule has 0 aliphatic rings. The molecule has 2 heterocycles. The molecule has 152 valence electrons. The lowest BCUT2D eigenvalue weighted by Gasteiger charge is -2.11. The van der Waals surface area contributed by atoms with Crippen LogP contribution in [-0.2, 0) is 6.42 Å². The first-order chi connectivity index (χ1) is 15.3. The third kappa shape index (κ3) is 4.54. The Balaban J connectivity index is 1.22. The van der Waals surface area contributed by atoms with E-state index in [1.807, 2.05) is 79.1 Å². The third-order valence-corrected chi connectivity index (χ3v) is 5.90. The number of benzene rings is 3. The number of hydrogen-bond acceptors (Lipinski definition) is 6. The second kappa shape index (κ2) is 8.93. The average molecular weight is 425 g/mol. The van der Waals surface area contributed by atoms with Gasteiger partial charge in [0.25, 0.3) is 0 Å². The molecule has 0 unspecified atom stereocenters. The number of thiazole rings is 1. The minimum Gasteiger partial charge on any atom is -0.457 e. The summed E-state index contributed by atoms with van der Waals surface area (Å²) in [4.78, 5) is 13.6. The zero-order valence-electron chi connectivity index (χ0n) is 16.7. The average Bonchev–Trinajstić information content (AvgIpc) is 3.26. The predicted octanol–water partition coefficient (Wildman–Crippen LogP) is 6.20. The zero-order valence-corrected chi connectivity index (χ0v) is 17.5. The maximum absolute atomic E-state index is 6.04. The van der Waals surface area contributed by atoms with E-state index in [1.54, 1.807) is 11.3 Å². The summed E-state index contributed by atoms with van der Waals surface area (Å²) in [7, 11) is 0. The van der Waals surface area contributed by atoms with E-state index in [1.165, 1.54) is 0 Å². The van der Waals surface area contributed by atoms with Crippen molar-refractivity contribution in [3.05, 3.63) is 96.8 Å². The van der Waals surface area contributed by atoms with Crippen molar-refractivity contribution in [1.29, 1.82) is 0 Å². The van der Waals surface area contributed by atoms with Crippen LogP contribution in [0.1, 0.15) is 5.56 Å². The van der Waals surface area contributed by atoms with Gasteiger partial charge in [0.2, 0.25) is 5.95 Å². The van der Waals surface area contributed by atoms with E-state index in [9.17, 15) is 0 Å². The van der Waals surface area contributed by atoms with Gasteiger partial charge in [-0.05, 0) is 42.3 Å². The summed E-state index contributed by atoms with van der Waals surface area (Å²) in [6.45, 7) is 0.704. The van der Waals surface area contributed by atoms with Crippen LogP contribution in [0.4, 0.5) is 5.95 Å². The Hall–Kier alpha value is -3.77. The quantitative estimate of drug-likeness (QED) is 0.337. The van der Waals surface area contributed by atoms with Gasteiger partial charge in [0, 0.05) is 24.5 Å². The highest BCUT2D eigenvalue weighted by molar-refractivity contribution is 7.21. The Morgan fingerprint density at radius 2 is 1.55 bits per heavy atom. The van der Waals surface area contributed by atoms with Gasteiger partial charge in [0.15, 0.2) is 0 Å². The topological polar surface area (TPSA) is 59.9 Å². The summed E-state index contributed by atoms with van der Waals surface area (Å²) in [5.41, 5.74) is 3.05. The molecule has 0 atom stereocenters. The van der Waals surface area contributed by atoms with E-state index in [0.717, 1.165) is 44.3 Å². The van der Waals surface area contributed by atoms with Crippen LogP contribution in [0.3, 0.4) is 0 Å². The molecule has 0 radical (unpaired) electrons. The van der Waals surface area contributed by atoms with Gasteiger partial charge in [0.05, 0.1) is 10.2 Å². The predicted molar refractivity (Wildman–Crippen MR) is 126 cm³/mol. The van der Waals surface area contributed by atoms with Crippen LogP contribution < -0.4 is 10.1 Å². The summed E-state index contributed by atoms with van der Waals surface area (Å²) in [6.07, 6.45) is 4.44. The fourth-order valence-corrected chi connectivity index (χ4v) is 4.20. The van der Waals surface area contributed by atoms with Gasteiger partial charge >= 0.3 is 0 Å². The standard InChI is InChI=1S/C25H20N4OS/c1-2-9-20(10-3-1)30-22-12-6-4-8-18(22)14-15-26-25-27-16-19(17-28-25)24-29-21-11-5-7-13-23(21)31-24/h1-13,16-17H,14-15H2,(H,26,27,28). The smallest absolute Gasteiger partial charge is 0.222 e. The molecule has 2 aromatic heterocycles. The summed E-state index contributed by atoms with van der Waals surface area (Å²) in [5, 5.41) is 4.23. The summed E-state index contributed by atoms with van der Waals surface area (Å²) in [5.74, 6) is 2.30. The molecule has 0 amide bonds. The van der Waals surface area contributed by atoms with Crippen molar-refractivity contribution in [2.75, 3.05) is 11.9 Å². The summed E-state index contributed by atoms with van der Waals surface area (Å²) >= 11 is 1.65. The molecule has 0 aliphatic carbocycles. The highest BCUT2D eigenvalue weighted by Crippen LogP contribution is 2.29. The van der Waals surface area contributed by atoms with E-state index in [4.69, 9.17) is 4.74 Å². The van der Waals surface area contributed by atoms with E-state index in [-0.39, 0.29) is 0 Å². The lowest BCUT2D eigenvalue weighted by Crippen LogP contribution is -2.08. The van der Waals surface area contributed by atoms with Crippen molar-refractivity contribution in [3.8, 4) is 22.1 Å². The van der Waals surface area contributed by atoms with Crippen LogP contribution in [0.15, 0.2) is 91.3 Å². The molecular weight excluding hydrogens is 404 g/mol. The van der Waals surface area contributed by atoms with Crippen LogP contribution in [0, 0.1) is 0 Å². The zero-order chi connectivity index (χ0) is 20.9. The van der Waals surface area contributed by atoms with Crippen molar-refractivity contribution in [2.45, 2.75) is 6.42 Å². The van der Waals surface area contributed by atoms with Gasteiger partial charge in [-0.15, -0.1) is 11.3 Å². The van der Waals surface area contributed by atoms with E-state index >= 15 is 0 Å². The molecule has 5 aromatic rings. The number of hydrogen-bond donors (Lipinski definition) is 1. The van der Waals surface area contributed by atoms with Crippen molar-refractivity contribution in [1.82, 2.24) is 15.0 Å². The lowest BCUT2D eigenvalue weighted by molar-refractivity contribution is 0.476. The first-order valence-corrected chi connectivity index (χ1v) is 10.9. The van der Waals surface area contributed by atoms with Crippen molar-refractivity contribution in [2.24, 2.45) is 0 Å². The molecule has 0 fully saturated rings. The normalized spacial score (nSPS) is 10.8. The monoisotopic (exact) mass is 424 g/mol. The molecule has 3 aromatic carbocycles. The first-order valence-electron chi connectivity index (χ1n) is 10.1. The maximum atomic E-state index is 6.04. The molecule has 0 aliphatic heterocycles. The number of fused-ring (bicyclic) bond motifs is 1. The number of para-hydroxylation sites is 3. The van der Waals surface area contributed by atoms with E-state index in [0.29, 0.717) is 12.5 Å². The number of nitrogens with zero attached hydrogens (tertiary/aromatic N) is 3. The molecule has 31 heavy (non-hydrogen) atoms. The molecule has 6 heteroatoms. The third-order valence-electron chi connectivity index (χ3n) is 4.81. The van der Waals surface area contributed by atoms with Crippen molar-refractivity contribution in [3.63, 3.8) is 0 Å². The van der Waals surface area contributed by atoms with Gasteiger partial charge in [0.1, 0.15) is 16.5 Å². The molecule has 5 nitrogen and oxygen atoms in total. The van der Waals surface area contributed by atoms with Gasteiger partial charge in [-0.25, -0.2) is 15.0 Å². The van der Waals surface area contributed by atoms with E-state index < -0.39 is 0 Å². The number of nitrogens with one attached hydrogen (secondary N) is 1. The second-order valence-corrected chi connectivity index (χ2v) is 8.01. The minimum atomic E-state index is 0.603. The molecule has 1 N–H and O–H groups in total. The Kier molecular flexibility index (Phi) is 5.54. The molecule has 0 bridgehead atoms. The molecular formula is C25H20N4OS. The summed E-state index contributed by atoms with van der Waals surface area (Å²) < 4.78 is 7.20. The Morgan fingerprint density at radius 3 is 2.39 bits per heavy atom. The van der Waals surface area contributed by atoms with Gasteiger partial charge in [-0.3, -0.25) is 0 Å². The Labute approximate surface area is 184 Å². The molecule has 0 saturated carbocycles. The highest BCUT2D eigenvalue weighted by atomic mass is 32.1. The summed E-state index contributed by atoms with van der Waals surface area (Å²) in [6, 6.07) is 26.0. The van der Waals surface area contributed by atoms with Gasteiger partial charge in [-0.2, -0.15) is 0 Å². The van der Waals surface area contributed by atoms with Crippen LogP contribution >= 0.6 is 11.3 Å². The SMILES string of the molecule is c1ccc(Oc2ccccc2CCNc2ncc(-c3nc4ccccc4s3)cn2)cc1. The van der Waals surface area contributed by atoms with Gasteiger partial charge < -0.3 is 10.1 Å². The van der Waals surface area contributed by atoms with Crippen LogP contribution in [0.25, 0.3) is 20.8 Å². The highest BCUT2D eigenvalue weighted by Gasteiger charge is 2.08. The maximum Gasteiger partial charge on any atom is 0.222 e. The van der Waals surface area contributed by atoms with Crippen molar-refractivity contribution < 1.29 is 4.74 Å². The Morgan fingerprint density at radius 1 is 0.806 bits per heavy atom.